The highest BCUT2D eigenvalue weighted by atomic mass is 32.2. The topological polar surface area (TPSA) is 26.0 Å². The van der Waals surface area contributed by atoms with Crippen LogP contribution in [0.25, 0.3) is 0 Å². The second-order valence-electron chi connectivity index (χ2n) is 5.94. The minimum absolute atomic E-state index is 0.748. The first-order chi connectivity index (χ1) is 12.4. The first-order valence-corrected chi connectivity index (χ1v) is 11.8. The fourth-order valence-electron chi connectivity index (χ4n) is 3.27. The maximum Gasteiger partial charge on any atom is 0.112 e. The van der Waals surface area contributed by atoms with Crippen molar-refractivity contribution in [2.75, 3.05) is 24.2 Å². The molecule has 0 aliphatic heterocycles. The van der Waals surface area contributed by atoms with Gasteiger partial charge >= 0.3 is 0 Å². The molecule has 1 nitrogen and oxygen atoms in total. The Kier molecular flexibility index (Phi) is 6.69. The summed E-state index contributed by atoms with van der Waals surface area (Å²) in [5.41, 5.74) is 5.70. The molecule has 0 bridgehead atoms. The monoisotopic (exact) mass is 366 g/mol. The van der Waals surface area contributed by atoms with Gasteiger partial charge in [-0.1, -0.05) is 54.6 Å². The second kappa shape index (κ2) is 9.20. The lowest BCUT2D eigenvalue weighted by Crippen LogP contribution is -2.34. The summed E-state index contributed by atoms with van der Waals surface area (Å²) in [7, 11) is -1.66. The maximum atomic E-state index is 5.70. The number of rotatable bonds is 8. The average Bonchev–Trinajstić information content (AvgIpc) is 2.70. The quantitative estimate of drug-likeness (QED) is 0.486. The van der Waals surface area contributed by atoms with Gasteiger partial charge in [0.15, 0.2) is 0 Å². The van der Waals surface area contributed by atoms with Gasteiger partial charge in [0.25, 0.3) is 0 Å². The van der Waals surface area contributed by atoms with Gasteiger partial charge in [-0.05, 0) is 36.4 Å². The predicted molar refractivity (Wildman–Crippen MR) is 116 cm³/mol. The Morgan fingerprint density at radius 1 is 0.600 bits per heavy atom. The molecule has 25 heavy (non-hydrogen) atoms. The Bertz CT molecular complexity index is 650. The van der Waals surface area contributed by atoms with Crippen LogP contribution in [0.15, 0.2) is 91.0 Å². The van der Waals surface area contributed by atoms with Crippen LogP contribution in [-0.2, 0) is 0 Å². The normalized spacial score (nSPS) is 11.4. The molecule has 0 saturated heterocycles. The maximum absolute atomic E-state index is 5.70. The molecule has 0 aliphatic carbocycles. The standard InChI is InChI=1S/C22H25NPS/c23-16-18-25-19-17-24(20-10-4-1-5-11-20,21-12-6-2-7-13-21)22-14-8-3-9-15-22/h1-15H,16-19,23H2/q+1. The molecule has 3 rings (SSSR count). The number of thioether (sulfide) groups is 1. The van der Waals surface area contributed by atoms with E-state index in [4.69, 9.17) is 5.73 Å². The molecule has 0 saturated carbocycles. The van der Waals surface area contributed by atoms with Gasteiger partial charge in [0, 0.05) is 18.1 Å². The van der Waals surface area contributed by atoms with Crippen LogP contribution in [0.2, 0.25) is 0 Å². The van der Waals surface area contributed by atoms with E-state index >= 15 is 0 Å². The molecule has 0 spiro atoms. The molecule has 0 unspecified atom stereocenters. The SMILES string of the molecule is NCCSCC[P+](c1ccccc1)(c1ccccc1)c1ccccc1. The zero-order valence-corrected chi connectivity index (χ0v) is 16.1. The molecule has 0 radical (unpaired) electrons. The van der Waals surface area contributed by atoms with Crippen molar-refractivity contribution in [2.45, 2.75) is 0 Å². The fraction of sp³-hybridized carbons (Fsp3) is 0.182. The van der Waals surface area contributed by atoms with E-state index in [2.05, 4.69) is 91.0 Å². The van der Waals surface area contributed by atoms with E-state index in [1.54, 1.807) is 0 Å². The van der Waals surface area contributed by atoms with Gasteiger partial charge in [-0.25, -0.2) is 0 Å². The molecule has 0 aromatic heterocycles. The van der Waals surface area contributed by atoms with E-state index in [0.29, 0.717) is 0 Å². The van der Waals surface area contributed by atoms with E-state index < -0.39 is 7.26 Å². The molecule has 0 fully saturated rings. The first-order valence-electron chi connectivity index (χ1n) is 8.70. The van der Waals surface area contributed by atoms with Crippen molar-refractivity contribution in [3.8, 4) is 0 Å². The van der Waals surface area contributed by atoms with Gasteiger partial charge in [0.05, 0.1) is 6.16 Å². The minimum Gasteiger partial charge on any atom is -0.330 e. The summed E-state index contributed by atoms with van der Waals surface area (Å²) in [6.07, 6.45) is 1.16. The summed E-state index contributed by atoms with van der Waals surface area (Å²) in [4.78, 5) is 0. The molecule has 128 valence electrons. The van der Waals surface area contributed by atoms with Crippen LogP contribution >= 0.6 is 19.0 Å². The number of hydrogen-bond acceptors (Lipinski definition) is 2. The van der Waals surface area contributed by atoms with E-state index in [1.165, 1.54) is 15.9 Å². The molecule has 0 amide bonds. The molecular formula is C22H25NPS+. The van der Waals surface area contributed by atoms with Crippen molar-refractivity contribution in [1.29, 1.82) is 0 Å². The number of nitrogens with two attached hydrogens (primary N) is 1. The Morgan fingerprint density at radius 3 is 1.36 bits per heavy atom. The van der Waals surface area contributed by atoms with E-state index in [-0.39, 0.29) is 0 Å². The largest absolute Gasteiger partial charge is 0.330 e. The summed E-state index contributed by atoms with van der Waals surface area (Å²) in [5.74, 6) is 2.15. The molecule has 3 heteroatoms. The third-order valence-corrected chi connectivity index (χ3v) is 10.2. The average molecular weight is 366 g/mol. The van der Waals surface area contributed by atoms with Gasteiger partial charge in [0.1, 0.15) is 23.2 Å². The lowest BCUT2D eigenvalue weighted by Gasteiger charge is -2.27. The Morgan fingerprint density at radius 2 is 1.00 bits per heavy atom. The third kappa shape index (κ3) is 4.15. The van der Waals surface area contributed by atoms with E-state index in [1.807, 2.05) is 11.8 Å². The predicted octanol–water partition coefficient (Wildman–Crippen LogP) is 3.67. The van der Waals surface area contributed by atoms with Crippen molar-refractivity contribution in [3.63, 3.8) is 0 Å². The van der Waals surface area contributed by atoms with E-state index in [0.717, 1.165) is 24.2 Å². The lowest BCUT2D eigenvalue weighted by atomic mass is 10.4. The lowest BCUT2D eigenvalue weighted by molar-refractivity contribution is 1.15. The minimum atomic E-state index is -1.66. The number of hydrogen-bond donors (Lipinski definition) is 1. The zero-order chi connectivity index (χ0) is 17.4. The summed E-state index contributed by atoms with van der Waals surface area (Å²) >= 11 is 1.97. The highest BCUT2D eigenvalue weighted by molar-refractivity contribution is 8.01. The second-order valence-corrected chi connectivity index (χ2v) is 10.8. The zero-order valence-electron chi connectivity index (χ0n) is 14.4. The van der Waals surface area contributed by atoms with E-state index in [9.17, 15) is 0 Å². The fourth-order valence-corrected chi connectivity index (χ4v) is 8.96. The van der Waals surface area contributed by atoms with Gasteiger partial charge < -0.3 is 5.73 Å². The molecule has 3 aromatic carbocycles. The Balaban J connectivity index is 2.13. The molecule has 0 aliphatic rings. The summed E-state index contributed by atoms with van der Waals surface area (Å²) in [6.45, 7) is 0.748. The van der Waals surface area contributed by atoms with Crippen LogP contribution in [0.4, 0.5) is 0 Å². The van der Waals surface area contributed by atoms with Crippen LogP contribution in [0.5, 0.6) is 0 Å². The Hall–Kier alpha value is -1.60. The highest BCUT2D eigenvalue weighted by Gasteiger charge is 2.44. The summed E-state index contributed by atoms with van der Waals surface area (Å²) in [5, 5.41) is 4.38. The van der Waals surface area contributed by atoms with Crippen LogP contribution < -0.4 is 21.6 Å². The van der Waals surface area contributed by atoms with Crippen LogP contribution in [0.3, 0.4) is 0 Å². The van der Waals surface area contributed by atoms with Crippen molar-refractivity contribution >= 4 is 34.9 Å². The van der Waals surface area contributed by atoms with Gasteiger partial charge in [-0.15, -0.1) is 0 Å². The molecule has 2 N–H and O–H groups in total. The van der Waals surface area contributed by atoms with Crippen molar-refractivity contribution in [2.24, 2.45) is 5.73 Å². The molecule has 3 aromatic rings. The third-order valence-electron chi connectivity index (χ3n) is 4.42. The molecule has 0 heterocycles. The van der Waals surface area contributed by atoms with Crippen LogP contribution in [0, 0.1) is 0 Å². The molecule has 0 atom stereocenters. The van der Waals surface area contributed by atoms with Gasteiger partial charge in [-0.2, -0.15) is 11.8 Å². The van der Waals surface area contributed by atoms with Crippen LogP contribution in [0.1, 0.15) is 0 Å². The Labute approximate surface area is 156 Å². The van der Waals surface area contributed by atoms with Crippen LogP contribution in [-0.4, -0.2) is 24.2 Å². The summed E-state index contributed by atoms with van der Waals surface area (Å²) < 4.78 is 0. The van der Waals surface area contributed by atoms with Crippen molar-refractivity contribution < 1.29 is 0 Å². The van der Waals surface area contributed by atoms with Crippen molar-refractivity contribution in [1.82, 2.24) is 0 Å². The van der Waals surface area contributed by atoms with Gasteiger partial charge in [0.2, 0.25) is 0 Å². The highest BCUT2D eigenvalue weighted by Crippen LogP contribution is 2.55. The summed E-state index contributed by atoms with van der Waals surface area (Å²) in [6, 6.07) is 33.2. The molecular weight excluding hydrogens is 341 g/mol. The number of benzene rings is 3. The van der Waals surface area contributed by atoms with Gasteiger partial charge in [-0.3, -0.25) is 0 Å². The smallest absolute Gasteiger partial charge is 0.112 e. The van der Waals surface area contributed by atoms with Crippen molar-refractivity contribution in [3.05, 3.63) is 91.0 Å². The first kappa shape index (κ1) is 18.2.